The van der Waals surface area contributed by atoms with Gasteiger partial charge in [0, 0.05) is 17.2 Å². The number of carbonyl (C=O) groups is 2. The highest BCUT2D eigenvalue weighted by Crippen LogP contribution is 2.23. The first-order chi connectivity index (χ1) is 16.5. The minimum atomic E-state index is -1.20. The molecule has 0 aliphatic carbocycles. The van der Waals surface area contributed by atoms with Crippen molar-refractivity contribution in [2.24, 2.45) is 0 Å². The minimum Gasteiger partial charge on any atom is -0.507 e. The summed E-state index contributed by atoms with van der Waals surface area (Å²) in [5, 5.41) is 20.8. The fourth-order valence-electron chi connectivity index (χ4n) is 3.30. The number of benzene rings is 3. The molecule has 6 nitrogen and oxygen atoms in total. The van der Waals surface area contributed by atoms with Crippen LogP contribution in [0.15, 0.2) is 67.3 Å². The summed E-state index contributed by atoms with van der Waals surface area (Å²) in [6.07, 6.45) is 4.88. The monoisotopic (exact) mass is 458 g/mol. The zero-order valence-electron chi connectivity index (χ0n) is 18.8. The van der Waals surface area contributed by atoms with Crippen LogP contribution in [0, 0.1) is 11.8 Å². The highest BCUT2D eigenvalue weighted by atomic mass is 16.5. The van der Waals surface area contributed by atoms with Gasteiger partial charge in [0.05, 0.1) is 13.2 Å². The number of hydrogen-bond donors (Lipinski definition) is 2. The Balaban J connectivity index is 1.52. The normalized spacial score (nSPS) is 10.2. The van der Waals surface area contributed by atoms with Crippen LogP contribution >= 0.6 is 0 Å². The van der Waals surface area contributed by atoms with Crippen molar-refractivity contribution >= 4 is 22.7 Å². The van der Waals surface area contributed by atoms with Gasteiger partial charge >= 0.3 is 11.9 Å². The molecule has 0 aliphatic rings. The van der Waals surface area contributed by atoms with Crippen LogP contribution in [0.2, 0.25) is 0 Å². The number of carboxylic acids is 1. The standard InChI is InChI=1S/C28H26O6/c1-2-27(30)34-16-6-4-3-5-15-33-24-13-12-22-17-20(9-11-23(22)19-24)7-8-21-10-14-26(29)25(18-21)28(31)32/h2,9-14,17-19,29H,1,3-6,15-16H2,(H,31,32). The molecule has 174 valence electrons. The van der Waals surface area contributed by atoms with Gasteiger partial charge in [0.1, 0.15) is 17.1 Å². The first-order valence-corrected chi connectivity index (χ1v) is 11.0. The molecule has 0 radical (unpaired) electrons. The second-order valence-electron chi connectivity index (χ2n) is 7.65. The second kappa shape index (κ2) is 12.1. The van der Waals surface area contributed by atoms with Crippen LogP contribution in [-0.2, 0) is 9.53 Å². The van der Waals surface area contributed by atoms with E-state index in [1.54, 1.807) is 6.07 Å². The van der Waals surface area contributed by atoms with Crippen molar-refractivity contribution in [2.75, 3.05) is 13.2 Å². The summed E-state index contributed by atoms with van der Waals surface area (Å²) in [7, 11) is 0. The van der Waals surface area contributed by atoms with Crippen LogP contribution in [0.5, 0.6) is 11.5 Å². The molecule has 0 spiro atoms. The zero-order chi connectivity index (χ0) is 24.3. The van der Waals surface area contributed by atoms with E-state index < -0.39 is 5.97 Å². The summed E-state index contributed by atoms with van der Waals surface area (Å²) in [5.74, 6) is 4.92. The Kier molecular flexibility index (Phi) is 8.70. The van der Waals surface area contributed by atoms with Gasteiger partial charge in [-0.25, -0.2) is 9.59 Å². The number of carboxylic acid groups (broad SMARTS) is 1. The van der Waals surface area contributed by atoms with E-state index in [9.17, 15) is 14.7 Å². The van der Waals surface area contributed by atoms with Crippen molar-refractivity contribution < 1.29 is 29.3 Å². The van der Waals surface area contributed by atoms with Crippen LogP contribution in [0.4, 0.5) is 0 Å². The molecule has 34 heavy (non-hydrogen) atoms. The summed E-state index contributed by atoms with van der Waals surface area (Å²) >= 11 is 0. The molecule has 3 aromatic carbocycles. The van der Waals surface area contributed by atoms with Gasteiger partial charge in [0.15, 0.2) is 0 Å². The molecule has 0 unspecified atom stereocenters. The molecule has 0 saturated heterocycles. The van der Waals surface area contributed by atoms with E-state index in [4.69, 9.17) is 14.6 Å². The molecule has 2 N–H and O–H groups in total. The Morgan fingerprint density at radius 2 is 1.50 bits per heavy atom. The molecule has 0 bridgehead atoms. The summed E-state index contributed by atoms with van der Waals surface area (Å²) in [6.45, 7) is 4.40. The lowest BCUT2D eigenvalue weighted by atomic mass is 10.1. The zero-order valence-corrected chi connectivity index (χ0v) is 18.8. The molecule has 0 atom stereocenters. The van der Waals surface area contributed by atoms with Crippen molar-refractivity contribution in [3.63, 3.8) is 0 Å². The summed E-state index contributed by atoms with van der Waals surface area (Å²) in [5.41, 5.74) is 1.13. The predicted molar refractivity (Wildman–Crippen MR) is 130 cm³/mol. The van der Waals surface area contributed by atoms with Crippen LogP contribution in [-0.4, -0.2) is 35.4 Å². The maximum absolute atomic E-state index is 11.2. The Bertz CT molecular complexity index is 1250. The number of rotatable bonds is 10. The number of phenols is 1. The van der Waals surface area contributed by atoms with E-state index in [1.807, 2.05) is 36.4 Å². The van der Waals surface area contributed by atoms with Gasteiger partial charge in [0.2, 0.25) is 0 Å². The van der Waals surface area contributed by atoms with Crippen molar-refractivity contribution in [2.45, 2.75) is 25.7 Å². The molecular weight excluding hydrogens is 432 g/mol. The highest BCUT2D eigenvalue weighted by molar-refractivity contribution is 5.91. The lowest BCUT2D eigenvalue weighted by Gasteiger charge is -2.08. The molecule has 6 heteroatoms. The number of aromatic hydroxyl groups is 1. The van der Waals surface area contributed by atoms with Gasteiger partial charge in [-0.1, -0.05) is 30.6 Å². The third-order valence-electron chi connectivity index (χ3n) is 5.11. The fraction of sp³-hybridized carbons (Fsp3) is 0.214. The Hall–Kier alpha value is -4.24. The van der Waals surface area contributed by atoms with E-state index in [0.29, 0.717) is 18.8 Å². The van der Waals surface area contributed by atoms with Crippen molar-refractivity contribution in [1.82, 2.24) is 0 Å². The van der Waals surface area contributed by atoms with Crippen LogP contribution < -0.4 is 4.74 Å². The van der Waals surface area contributed by atoms with Crippen LogP contribution in [0.1, 0.15) is 47.2 Å². The van der Waals surface area contributed by atoms with Gasteiger partial charge in [-0.05, 0) is 78.9 Å². The van der Waals surface area contributed by atoms with E-state index in [0.717, 1.165) is 47.8 Å². The predicted octanol–water partition coefficient (Wildman–Crippen LogP) is 5.31. The van der Waals surface area contributed by atoms with Crippen LogP contribution in [0.3, 0.4) is 0 Å². The lowest BCUT2D eigenvalue weighted by molar-refractivity contribution is -0.137. The van der Waals surface area contributed by atoms with E-state index in [-0.39, 0.29) is 17.3 Å². The fourth-order valence-corrected chi connectivity index (χ4v) is 3.30. The first-order valence-electron chi connectivity index (χ1n) is 11.0. The minimum absolute atomic E-state index is 0.174. The first kappa shape index (κ1) is 24.4. The summed E-state index contributed by atoms with van der Waals surface area (Å²) in [4.78, 5) is 22.1. The smallest absolute Gasteiger partial charge is 0.339 e. The molecule has 0 aromatic heterocycles. The highest BCUT2D eigenvalue weighted by Gasteiger charge is 2.09. The van der Waals surface area contributed by atoms with Crippen molar-refractivity contribution in [3.05, 3.63) is 83.9 Å². The largest absolute Gasteiger partial charge is 0.507 e. The molecule has 3 rings (SSSR count). The average molecular weight is 459 g/mol. The molecule has 3 aromatic rings. The molecule has 0 heterocycles. The molecule has 0 amide bonds. The maximum Gasteiger partial charge on any atom is 0.339 e. The number of esters is 1. The molecule has 0 fully saturated rings. The number of fused-ring (bicyclic) bond motifs is 1. The van der Waals surface area contributed by atoms with Gasteiger partial charge < -0.3 is 19.7 Å². The van der Waals surface area contributed by atoms with E-state index in [2.05, 4.69) is 18.4 Å². The number of aromatic carboxylic acids is 1. The molecular formula is C28H26O6. The quantitative estimate of drug-likeness (QED) is 0.185. The second-order valence-corrected chi connectivity index (χ2v) is 7.65. The van der Waals surface area contributed by atoms with Crippen molar-refractivity contribution in [3.8, 4) is 23.3 Å². The average Bonchev–Trinajstić information content (AvgIpc) is 2.84. The Morgan fingerprint density at radius 1 is 0.853 bits per heavy atom. The van der Waals surface area contributed by atoms with Crippen molar-refractivity contribution in [1.29, 1.82) is 0 Å². The molecule has 0 saturated carbocycles. The Labute approximate surface area is 198 Å². The van der Waals surface area contributed by atoms with Gasteiger partial charge in [-0.2, -0.15) is 0 Å². The SMILES string of the molecule is C=CC(=O)OCCCCCCOc1ccc2cc(C#Cc3ccc(O)c(C(=O)O)c3)ccc2c1. The maximum atomic E-state index is 11.2. The number of unbranched alkanes of at least 4 members (excludes halogenated alkanes) is 3. The topological polar surface area (TPSA) is 93.1 Å². The number of carbonyl (C=O) groups excluding carboxylic acids is 1. The third kappa shape index (κ3) is 7.14. The van der Waals surface area contributed by atoms with E-state index in [1.165, 1.54) is 18.2 Å². The number of ether oxygens (including phenoxy) is 2. The van der Waals surface area contributed by atoms with Crippen LogP contribution in [0.25, 0.3) is 10.8 Å². The van der Waals surface area contributed by atoms with Gasteiger partial charge in [-0.3, -0.25) is 0 Å². The lowest BCUT2D eigenvalue weighted by Crippen LogP contribution is -2.02. The summed E-state index contributed by atoms with van der Waals surface area (Å²) in [6, 6.07) is 16.0. The molecule has 0 aliphatic heterocycles. The van der Waals surface area contributed by atoms with Gasteiger partial charge in [-0.15, -0.1) is 0 Å². The Morgan fingerprint density at radius 3 is 2.24 bits per heavy atom. The van der Waals surface area contributed by atoms with E-state index >= 15 is 0 Å². The summed E-state index contributed by atoms with van der Waals surface area (Å²) < 4.78 is 10.8. The number of hydrogen-bond acceptors (Lipinski definition) is 5. The van der Waals surface area contributed by atoms with Gasteiger partial charge in [0.25, 0.3) is 0 Å². The third-order valence-corrected chi connectivity index (χ3v) is 5.11.